The standard InChI is InChI=1S/C31H37N3O3/c1-21-13-15-28(24(4)18-21)36-17-9-8-16-34-27-11-7-6-10-26(27)33-31(34)25(5)32-30(35)20-37-29-19-22(2)12-14-23(29)3/h6-7,10-15,18-19,25H,8-9,16-17,20H2,1-5H3,(H,32,35). The quantitative estimate of drug-likeness (QED) is 0.243. The summed E-state index contributed by atoms with van der Waals surface area (Å²) in [6, 6.07) is 20.1. The molecule has 0 radical (unpaired) electrons. The van der Waals surface area contributed by atoms with Crippen molar-refractivity contribution in [1.82, 2.24) is 14.9 Å². The Balaban J connectivity index is 1.36. The van der Waals surface area contributed by atoms with Gasteiger partial charge in [-0.2, -0.15) is 0 Å². The molecule has 3 aromatic carbocycles. The number of para-hydroxylation sites is 2. The molecule has 6 heteroatoms. The summed E-state index contributed by atoms with van der Waals surface area (Å²) in [4.78, 5) is 17.6. The zero-order valence-electron chi connectivity index (χ0n) is 22.5. The normalized spacial score (nSPS) is 11.9. The lowest BCUT2D eigenvalue weighted by molar-refractivity contribution is -0.123. The number of carbonyl (C=O) groups is 1. The van der Waals surface area contributed by atoms with Crippen molar-refractivity contribution in [3.05, 3.63) is 88.7 Å². The van der Waals surface area contributed by atoms with Gasteiger partial charge in [-0.25, -0.2) is 4.98 Å². The van der Waals surface area contributed by atoms with Crippen LogP contribution in [0.2, 0.25) is 0 Å². The van der Waals surface area contributed by atoms with E-state index in [1.54, 1.807) is 0 Å². The van der Waals surface area contributed by atoms with Gasteiger partial charge in [0.1, 0.15) is 17.3 Å². The fourth-order valence-electron chi connectivity index (χ4n) is 4.53. The van der Waals surface area contributed by atoms with Gasteiger partial charge in [-0.3, -0.25) is 4.79 Å². The molecule has 4 aromatic rings. The third kappa shape index (κ3) is 6.70. The second-order valence-electron chi connectivity index (χ2n) is 9.78. The molecule has 0 aliphatic heterocycles. The average Bonchev–Trinajstić information content (AvgIpc) is 3.24. The Morgan fingerprint density at radius 3 is 2.46 bits per heavy atom. The van der Waals surface area contributed by atoms with Crippen LogP contribution in [0.3, 0.4) is 0 Å². The van der Waals surface area contributed by atoms with Crippen molar-refractivity contribution in [1.29, 1.82) is 0 Å². The average molecular weight is 500 g/mol. The van der Waals surface area contributed by atoms with Crippen LogP contribution in [-0.2, 0) is 11.3 Å². The zero-order valence-corrected chi connectivity index (χ0v) is 22.5. The van der Waals surface area contributed by atoms with Crippen molar-refractivity contribution in [3.63, 3.8) is 0 Å². The highest BCUT2D eigenvalue weighted by Crippen LogP contribution is 2.23. The van der Waals surface area contributed by atoms with E-state index >= 15 is 0 Å². The summed E-state index contributed by atoms with van der Waals surface area (Å²) in [5.41, 5.74) is 6.51. The van der Waals surface area contributed by atoms with E-state index in [4.69, 9.17) is 14.5 Å². The summed E-state index contributed by atoms with van der Waals surface area (Å²) < 4.78 is 14.0. The van der Waals surface area contributed by atoms with E-state index in [0.717, 1.165) is 64.4 Å². The van der Waals surface area contributed by atoms with E-state index in [9.17, 15) is 4.79 Å². The molecule has 4 rings (SSSR count). The lowest BCUT2D eigenvalue weighted by Crippen LogP contribution is -2.32. The number of hydrogen-bond donors (Lipinski definition) is 1. The molecule has 1 N–H and O–H groups in total. The molecular weight excluding hydrogens is 462 g/mol. The summed E-state index contributed by atoms with van der Waals surface area (Å²) in [6.07, 6.45) is 1.86. The molecule has 37 heavy (non-hydrogen) atoms. The Morgan fingerprint density at radius 2 is 1.65 bits per heavy atom. The molecule has 194 valence electrons. The maximum Gasteiger partial charge on any atom is 0.258 e. The molecule has 1 unspecified atom stereocenters. The van der Waals surface area contributed by atoms with Gasteiger partial charge in [-0.05, 0) is 88.4 Å². The van der Waals surface area contributed by atoms with Crippen molar-refractivity contribution < 1.29 is 14.3 Å². The minimum absolute atomic E-state index is 0.0371. The number of ether oxygens (including phenoxy) is 2. The topological polar surface area (TPSA) is 65.4 Å². The number of nitrogens with one attached hydrogen (secondary N) is 1. The van der Waals surface area contributed by atoms with Crippen LogP contribution in [0.15, 0.2) is 60.7 Å². The van der Waals surface area contributed by atoms with Crippen LogP contribution < -0.4 is 14.8 Å². The highest BCUT2D eigenvalue weighted by atomic mass is 16.5. The van der Waals surface area contributed by atoms with E-state index in [0.29, 0.717) is 6.61 Å². The number of nitrogens with zero attached hydrogens (tertiary/aromatic N) is 2. The minimum Gasteiger partial charge on any atom is -0.493 e. The fraction of sp³-hybridized carbons (Fsp3) is 0.355. The number of benzene rings is 3. The molecule has 0 aliphatic carbocycles. The van der Waals surface area contributed by atoms with Crippen LogP contribution in [0.5, 0.6) is 11.5 Å². The van der Waals surface area contributed by atoms with Gasteiger partial charge in [0.25, 0.3) is 5.91 Å². The van der Waals surface area contributed by atoms with E-state index in [1.807, 2.05) is 63.2 Å². The van der Waals surface area contributed by atoms with Gasteiger partial charge in [0.2, 0.25) is 0 Å². The Kier molecular flexibility index (Phi) is 8.49. The Bertz CT molecular complexity index is 1380. The lowest BCUT2D eigenvalue weighted by atomic mass is 10.1. The molecule has 0 saturated heterocycles. The van der Waals surface area contributed by atoms with Gasteiger partial charge in [-0.15, -0.1) is 0 Å². The highest BCUT2D eigenvalue weighted by Gasteiger charge is 2.19. The number of hydrogen-bond acceptors (Lipinski definition) is 4. The first kappa shape index (κ1) is 26.3. The largest absolute Gasteiger partial charge is 0.493 e. The van der Waals surface area contributed by atoms with E-state index < -0.39 is 0 Å². The number of unbranched alkanes of at least 4 members (excludes halogenated alkanes) is 1. The highest BCUT2D eigenvalue weighted by molar-refractivity contribution is 5.79. The molecule has 0 saturated carbocycles. The number of aryl methyl sites for hydroxylation is 5. The van der Waals surface area contributed by atoms with E-state index in [1.165, 1.54) is 5.56 Å². The molecular formula is C31H37N3O3. The maximum atomic E-state index is 12.7. The maximum absolute atomic E-state index is 12.7. The molecule has 6 nitrogen and oxygen atoms in total. The Morgan fingerprint density at radius 1 is 0.892 bits per heavy atom. The first-order valence-electron chi connectivity index (χ1n) is 13.0. The van der Waals surface area contributed by atoms with Crippen molar-refractivity contribution in [2.75, 3.05) is 13.2 Å². The number of carbonyl (C=O) groups excluding carboxylic acids is 1. The summed E-state index contributed by atoms with van der Waals surface area (Å²) in [6.45, 7) is 11.5. The van der Waals surface area contributed by atoms with Crippen LogP contribution in [0.1, 0.15) is 53.9 Å². The second-order valence-corrected chi connectivity index (χ2v) is 9.78. The predicted octanol–water partition coefficient (Wildman–Crippen LogP) is 6.39. The number of aromatic nitrogens is 2. The van der Waals surface area contributed by atoms with Crippen molar-refractivity contribution in [3.8, 4) is 11.5 Å². The third-order valence-corrected chi connectivity index (χ3v) is 6.52. The molecule has 1 atom stereocenters. The first-order valence-corrected chi connectivity index (χ1v) is 13.0. The Hall–Kier alpha value is -3.80. The van der Waals surface area contributed by atoms with Crippen LogP contribution in [0.4, 0.5) is 0 Å². The number of amides is 1. The summed E-state index contributed by atoms with van der Waals surface area (Å²) in [7, 11) is 0. The third-order valence-electron chi connectivity index (χ3n) is 6.52. The number of rotatable bonds is 11. The molecule has 0 spiro atoms. The molecule has 0 fully saturated rings. The molecule has 0 bridgehead atoms. The van der Waals surface area contributed by atoms with Gasteiger partial charge in [-0.1, -0.05) is 42.0 Å². The lowest BCUT2D eigenvalue weighted by Gasteiger charge is -2.17. The first-order chi connectivity index (χ1) is 17.8. The monoisotopic (exact) mass is 499 g/mol. The van der Waals surface area contributed by atoms with Crippen molar-refractivity contribution in [2.45, 2.75) is 60.0 Å². The van der Waals surface area contributed by atoms with E-state index in [-0.39, 0.29) is 18.6 Å². The SMILES string of the molecule is Cc1ccc(OCCCCn2c(C(C)NC(=O)COc3cc(C)ccc3C)nc3ccccc32)c(C)c1. The molecule has 0 aliphatic rings. The summed E-state index contributed by atoms with van der Waals surface area (Å²) in [5, 5.41) is 3.06. The molecule has 1 amide bonds. The molecule has 1 aromatic heterocycles. The predicted molar refractivity (Wildman–Crippen MR) is 148 cm³/mol. The minimum atomic E-state index is -0.256. The zero-order chi connectivity index (χ0) is 26.4. The van der Waals surface area contributed by atoms with Gasteiger partial charge < -0.3 is 19.4 Å². The number of imidazole rings is 1. The van der Waals surface area contributed by atoms with Gasteiger partial charge in [0, 0.05) is 6.54 Å². The summed E-state index contributed by atoms with van der Waals surface area (Å²) >= 11 is 0. The van der Waals surface area contributed by atoms with Crippen LogP contribution in [0, 0.1) is 27.7 Å². The van der Waals surface area contributed by atoms with Crippen LogP contribution >= 0.6 is 0 Å². The van der Waals surface area contributed by atoms with Gasteiger partial charge in [0.05, 0.1) is 23.7 Å². The number of fused-ring (bicyclic) bond motifs is 1. The Labute approximate surface area is 219 Å². The van der Waals surface area contributed by atoms with Crippen LogP contribution in [-0.4, -0.2) is 28.7 Å². The van der Waals surface area contributed by atoms with Crippen molar-refractivity contribution >= 4 is 16.9 Å². The second kappa shape index (κ2) is 12.0. The van der Waals surface area contributed by atoms with Gasteiger partial charge >= 0.3 is 0 Å². The van der Waals surface area contributed by atoms with Crippen molar-refractivity contribution in [2.24, 2.45) is 0 Å². The fourth-order valence-corrected chi connectivity index (χ4v) is 4.53. The molecule has 1 heterocycles. The summed E-state index contributed by atoms with van der Waals surface area (Å²) in [5.74, 6) is 2.35. The smallest absolute Gasteiger partial charge is 0.258 e. The van der Waals surface area contributed by atoms with E-state index in [2.05, 4.69) is 41.9 Å². The van der Waals surface area contributed by atoms with Crippen LogP contribution in [0.25, 0.3) is 11.0 Å². The van der Waals surface area contributed by atoms with Gasteiger partial charge in [0.15, 0.2) is 6.61 Å².